The summed E-state index contributed by atoms with van der Waals surface area (Å²) >= 11 is 0. The predicted molar refractivity (Wildman–Crippen MR) is 104 cm³/mol. The van der Waals surface area contributed by atoms with Crippen LogP contribution in [0.15, 0.2) is 66.0 Å². The van der Waals surface area contributed by atoms with Gasteiger partial charge >= 0.3 is 0 Å². The minimum absolute atomic E-state index is 0.192. The monoisotopic (exact) mass is 389 g/mol. The third kappa shape index (κ3) is 2.94. The van der Waals surface area contributed by atoms with E-state index in [9.17, 15) is 13.6 Å². The van der Waals surface area contributed by atoms with Crippen molar-refractivity contribution in [3.8, 4) is 11.1 Å². The van der Waals surface area contributed by atoms with Gasteiger partial charge in [-0.1, -0.05) is 12.1 Å². The summed E-state index contributed by atoms with van der Waals surface area (Å²) in [5.74, 6) is -1.45. The Bertz CT molecular complexity index is 1420. The number of rotatable bonds is 3. The van der Waals surface area contributed by atoms with Crippen molar-refractivity contribution in [2.24, 2.45) is 0 Å². The zero-order valence-corrected chi connectivity index (χ0v) is 14.9. The normalized spacial score (nSPS) is 11.4. The summed E-state index contributed by atoms with van der Waals surface area (Å²) in [5, 5.41) is 7.70. The van der Waals surface area contributed by atoms with Crippen molar-refractivity contribution in [3.05, 3.63) is 88.7 Å². The van der Waals surface area contributed by atoms with Crippen molar-refractivity contribution < 1.29 is 8.78 Å². The first-order valence-electron chi connectivity index (χ1n) is 8.81. The number of pyridine rings is 1. The van der Waals surface area contributed by atoms with Crippen LogP contribution in [0.3, 0.4) is 0 Å². The molecule has 0 aliphatic heterocycles. The Labute approximate surface area is 162 Å². The molecule has 3 aromatic heterocycles. The molecule has 0 unspecified atom stereocenters. The number of nitrogens with one attached hydrogen (secondary N) is 1. The first-order valence-corrected chi connectivity index (χ1v) is 8.81. The molecule has 0 atom stereocenters. The SMILES string of the molecule is O=c1cnc2cnccc2n1Cc1c(F)cc(-c2ccc3cn[nH]c3c2)cc1F. The van der Waals surface area contributed by atoms with Gasteiger partial charge in [0.15, 0.2) is 0 Å². The minimum Gasteiger partial charge on any atom is -0.301 e. The number of aromatic amines is 1. The maximum Gasteiger partial charge on any atom is 0.269 e. The van der Waals surface area contributed by atoms with Gasteiger partial charge in [-0.25, -0.2) is 13.8 Å². The van der Waals surface area contributed by atoms with Gasteiger partial charge < -0.3 is 4.57 Å². The molecule has 0 bridgehead atoms. The molecule has 6 nitrogen and oxygen atoms in total. The van der Waals surface area contributed by atoms with Crippen LogP contribution in [0.5, 0.6) is 0 Å². The maximum atomic E-state index is 14.9. The molecule has 0 aliphatic rings. The van der Waals surface area contributed by atoms with Crippen LogP contribution in [0.4, 0.5) is 8.78 Å². The van der Waals surface area contributed by atoms with Gasteiger partial charge in [0.25, 0.3) is 5.56 Å². The third-order valence-electron chi connectivity index (χ3n) is 4.88. The lowest BCUT2D eigenvalue weighted by Crippen LogP contribution is -2.22. The van der Waals surface area contributed by atoms with E-state index in [0.717, 1.165) is 17.1 Å². The molecule has 0 radical (unpaired) electrons. The molecule has 0 saturated carbocycles. The Morgan fingerprint density at radius 2 is 1.79 bits per heavy atom. The van der Waals surface area contributed by atoms with Crippen LogP contribution in [0.1, 0.15) is 5.56 Å². The number of nitrogens with zero attached hydrogens (tertiary/aromatic N) is 4. The summed E-state index contributed by atoms with van der Waals surface area (Å²) in [6.07, 6.45) is 5.79. The van der Waals surface area contributed by atoms with Gasteiger partial charge in [-0.2, -0.15) is 5.10 Å². The molecule has 2 aromatic carbocycles. The standard InChI is InChI=1S/C21H13F2N5O/c22-16-5-14(12-1-2-13-8-26-27-18(13)7-12)6-17(23)15(16)11-28-20-3-4-24-9-19(20)25-10-21(28)29/h1-10H,11H2,(H,26,27). The highest BCUT2D eigenvalue weighted by Crippen LogP contribution is 2.27. The Balaban J connectivity index is 1.59. The summed E-state index contributed by atoms with van der Waals surface area (Å²) in [6, 6.07) is 9.52. The fourth-order valence-electron chi connectivity index (χ4n) is 3.38. The molecule has 0 fully saturated rings. The number of aromatic nitrogens is 5. The summed E-state index contributed by atoms with van der Waals surface area (Å²) in [7, 11) is 0. The van der Waals surface area contributed by atoms with E-state index in [2.05, 4.69) is 20.2 Å². The van der Waals surface area contributed by atoms with E-state index in [0.29, 0.717) is 22.2 Å². The topological polar surface area (TPSA) is 76.5 Å². The summed E-state index contributed by atoms with van der Waals surface area (Å²) in [6.45, 7) is -0.251. The molecule has 0 amide bonds. The Kier molecular flexibility index (Phi) is 3.90. The molecule has 8 heteroatoms. The van der Waals surface area contributed by atoms with Crippen molar-refractivity contribution >= 4 is 21.9 Å². The fourth-order valence-corrected chi connectivity index (χ4v) is 3.38. The highest BCUT2D eigenvalue weighted by atomic mass is 19.1. The molecule has 5 aromatic rings. The van der Waals surface area contributed by atoms with Crippen LogP contribution in [0.25, 0.3) is 33.1 Å². The van der Waals surface area contributed by atoms with Gasteiger partial charge in [0, 0.05) is 17.1 Å². The third-order valence-corrected chi connectivity index (χ3v) is 4.88. The van der Waals surface area contributed by atoms with E-state index < -0.39 is 17.2 Å². The zero-order chi connectivity index (χ0) is 20.0. The van der Waals surface area contributed by atoms with E-state index in [4.69, 9.17) is 0 Å². The molecule has 1 N–H and O–H groups in total. The fraction of sp³-hybridized carbons (Fsp3) is 0.0476. The second-order valence-corrected chi connectivity index (χ2v) is 6.64. The largest absolute Gasteiger partial charge is 0.301 e. The smallest absolute Gasteiger partial charge is 0.269 e. The van der Waals surface area contributed by atoms with Gasteiger partial charge in [-0.05, 0) is 35.4 Å². The van der Waals surface area contributed by atoms with Gasteiger partial charge in [-0.3, -0.25) is 14.9 Å². The Hall–Kier alpha value is -3.94. The predicted octanol–water partition coefficient (Wildman–Crippen LogP) is 3.66. The average molecular weight is 389 g/mol. The van der Waals surface area contributed by atoms with Crippen LogP contribution in [-0.4, -0.2) is 24.7 Å². The first kappa shape index (κ1) is 17.2. The summed E-state index contributed by atoms with van der Waals surface area (Å²) < 4.78 is 31.0. The molecular formula is C21H13F2N5O. The van der Waals surface area contributed by atoms with Crippen LogP contribution in [-0.2, 0) is 6.54 Å². The van der Waals surface area contributed by atoms with Gasteiger partial charge in [0.05, 0.1) is 36.2 Å². The number of benzene rings is 2. The van der Waals surface area contributed by atoms with Crippen molar-refractivity contribution in [1.82, 2.24) is 24.7 Å². The second-order valence-electron chi connectivity index (χ2n) is 6.64. The summed E-state index contributed by atoms with van der Waals surface area (Å²) in [4.78, 5) is 20.2. The van der Waals surface area contributed by atoms with Crippen molar-refractivity contribution in [2.75, 3.05) is 0 Å². The first-order chi connectivity index (χ1) is 14.1. The number of fused-ring (bicyclic) bond motifs is 2. The van der Waals surface area contributed by atoms with Gasteiger partial charge in [0.1, 0.15) is 17.2 Å². The zero-order valence-electron chi connectivity index (χ0n) is 14.9. The maximum absolute atomic E-state index is 14.9. The lowest BCUT2D eigenvalue weighted by atomic mass is 10.0. The highest BCUT2D eigenvalue weighted by molar-refractivity contribution is 5.83. The molecule has 0 spiro atoms. The number of hydrogen-bond donors (Lipinski definition) is 1. The van der Waals surface area contributed by atoms with Gasteiger partial charge in [-0.15, -0.1) is 0 Å². The quantitative estimate of drug-likeness (QED) is 0.511. The van der Waals surface area contributed by atoms with E-state index in [-0.39, 0.29) is 12.1 Å². The van der Waals surface area contributed by atoms with Crippen LogP contribution >= 0.6 is 0 Å². The Morgan fingerprint density at radius 3 is 2.62 bits per heavy atom. The number of halogens is 2. The summed E-state index contributed by atoms with van der Waals surface area (Å²) in [5.41, 5.74) is 2.12. The van der Waals surface area contributed by atoms with E-state index in [1.165, 1.54) is 29.1 Å². The number of hydrogen-bond acceptors (Lipinski definition) is 4. The average Bonchev–Trinajstić information content (AvgIpc) is 3.19. The number of H-pyrrole nitrogens is 1. The molecule has 29 heavy (non-hydrogen) atoms. The lowest BCUT2D eigenvalue weighted by Gasteiger charge is -2.12. The molecule has 5 rings (SSSR count). The molecule has 0 saturated heterocycles. The van der Waals surface area contributed by atoms with Crippen LogP contribution < -0.4 is 5.56 Å². The highest BCUT2D eigenvalue weighted by Gasteiger charge is 2.15. The van der Waals surface area contributed by atoms with Crippen LogP contribution in [0.2, 0.25) is 0 Å². The molecule has 3 heterocycles. The van der Waals surface area contributed by atoms with Gasteiger partial charge in [0.2, 0.25) is 0 Å². The van der Waals surface area contributed by atoms with E-state index in [1.54, 1.807) is 24.4 Å². The van der Waals surface area contributed by atoms with E-state index >= 15 is 0 Å². The van der Waals surface area contributed by atoms with Crippen molar-refractivity contribution in [2.45, 2.75) is 6.54 Å². The molecule has 142 valence electrons. The van der Waals surface area contributed by atoms with Crippen molar-refractivity contribution in [3.63, 3.8) is 0 Å². The van der Waals surface area contributed by atoms with Crippen LogP contribution in [0, 0.1) is 11.6 Å². The molecular weight excluding hydrogens is 376 g/mol. The van der Waals surface area contributed by atoms with E-state index in [1.807, 2.05) is 6.07 Å². The molecule has 0 aliphatic carbocycles. The Morgan fingerprint density at radius 1 is 0.966 bits per heavy atom. The second kappa shape index (κ2) is 6.59. The minimum atomic E-state index is -0.726. The van der Waals surface area contributed by atoms with Crippen molar-refractivity contribution in [1.29, 1.82) is 0 Å². The lowest BCUT2D eigenvalue weighted by molar-refractivity contribution is 0.545.